The van der Waals surface area contributed by atoms with E-state index in [1.807, 2.05) is 0 Å². The Morgan fingerprint density at radius 1 is 0.914 bits per heavy atom. The maximum Gasteiger partial charge on any atom is 0.198 e. The molecule has 2 aromatic carbocycles. The fourth-order valence-corrected chi connectivity index (χ4v) is 6.04. The molecule has 0 amide bonds. The first-order valence-corrected chi connectivity index (χ1v) is 11.9. The van der Waals surface area contributed by atoms with E-state index in [4.69, 9.17) is 14.2 Å². The number of nitrogens with zero attached hydrogens (tertiary/aromatic N) is 1. The number of phenolic OH excluding ortho intramolecular Hbond substituents is 2. The van der Waals surface area contributed by atoms with Gasteiger partial charge in [-0.05, 0) is 6.92 Å². The number of ether oxygens (including phenoxy) is 3. The van der Waals surface area contributed by atoms with Crippen molar-refractivity contribution in [3.05, 3.63) is 57.6 Å². The maximum absolute atomic E-state index is 13.4. The van der Waals surface area contributed by atoms with Gasteiger partial charge in [0, 0.05) is 54.2 Å². The molecule has 0 spiro atoms. The number of aliphatic hydroxyl groups is 1. The number of ketones is 2. The van der Waals surface area contributed by atoms with E-state index in [-0.39, 0.29) is 46.4 Å². The van der Waals surface area contributed by atoms with Gasteiger partial charge in [0.1, 0.15) is 17.1 Å². The van der Waals surface area contributed by atoms with Gasteiger partial charge in [-0.15, -0.1) is 0 Å². The lowest BCUT2D eigenvalue weighted by molar-refractivity contribution is -0.267. The first-order valence-electron chi connectivity index (χ1n) is 11.9. The average molecular weight is 482 g/mol. The molecule has 3 N–H and O–H groups in total. The van der Waals surface area contributed by atoms with Gasteiger partial charge in [-0.3, -0.25) is 14.5 Å². The molecule has 35 heavy (non-hydrogen) atoms. The van der Waals surface area contributed by atoms with Gasteiger partial charge in [0.2, 0.25) is 0 Å². The van der Waals surface area contributed by atoms with E-state index in [0.717, 1.165) is 0 Å². The summed E-state index contributed by atoms with van der Waals surface area (Å²) in [5.74, 6) is -3.10. The summed E-state index contributed by atoms with van der Waals surface area (Å²) in [6.07, 6.45) is 0.0243. The summed E-state index contributed by atoms with van der Waals surface area (Å²) >= 11 is 0. The number of morpholine rings is 1. The molecule has 0 saturated carbocycles. The van der Waals surface area contributed by atoms with Crippen LogP contribution in [0.3, 0.4) is 0 Å². The van der Waals surface area contributed by atoms with E-state index in [2.05, 4.69) is 4.90 Å². The van der Waals surface area contributed by atoms with Gasteiger partial charge < -0.3 is 29.5 Å². The maximum atomic E-state index is 13.4. The number of carbonyl (C=O) groups is 2. The summed E-state index contributed by atoms with van der Waals surface area (Å²) in [6.45, 7) is 4.31. The van der Waals surface area contributed by atoms with Gasteiger partial charge in [-0.1, -0.05) is 24.3 Å². The van der Waals surface area contributed by atoms with E-state index < -0.39 is 34.7 Å². The summed E-state index contributed by atoms with van der Waals surface area (Å²) in [5.41, 5.74) is -1.03. The molecule has 0 aromatic heterocycles. The molecule has 2 aromatic rings. The number of phenols is 2. The summed E-state index contributed by atoms with van der Waals surface area (Å²) < 4.78 is 17.1. The van der Waals surface area contributed by atoms with Gasteiger partial charge >= 0.3 is 0 Å². The minimum absolute atomic E-state index is 0.116. The molecular weight excluding hydrogens is 454 g/mol. The van der Waals surface area contributed by atoms with Crippen LogP contribution >= 0.6 is 0 Å². The lowest BCUT2D eigenvalue weighted by atomic mass is 9.69. The third-order valence-corrected chi connectivity index (χ3v) is 7.96. The molecule has 0 unspecified atom stereocenters. The van der Waals surface area contributed by atoms with Crippen LogP contribution < -0.4 is 0 Å². The van der Waals surface area contributed by atoms with E-state index >= 15 is 0 Å². The normalized spacial score (nSPS) is 27.9. The van der Waals surface area contributed by atoms with E-state index in [9.17, 15) is 24.9 Å². The van der Waals surface area contributed by atoms with Crippen molar-refractivity contribution in [3.8, 4) is 11.5 Å². The Balaban J connectivity index is 1.58. The first-order chi connectivity index (χ1) is 16.8. The van der Waals surface area contributed by atoms with E-state index in [1.54, 1.807) is 25.1 Å². The van der Waals surface area contributed by atoms with Crippen LogP contribution in [-0.2, 0) is 20.6 Å². The van der Waals surface area contributed by atoms with Crippen LogP contribution in [0.5, 0.6) is 11.5 Å². The third-order valence-electron chi connectivity index (χ3n) is 7.96. The molecule has 9 nitrogen and oxygen atoms in total. The Morgan fingerprint density at radius 2 is 1.49 bits per heavy atom. The molecule has 2 fully saturated rings. The molecule has 6 rings (SSSR count). The summed E-state index contributed by atoms with van der Waals surface area (Å²) in [6, 6.07) is 5.81. The number of aromatic hydroxyl groups is 2. The fourth-order valence-electron chi connectivity index (χ4n) is 6.04. The molecule has 2 heterocycles. The van der Waals surface area contributed by atoms with Crippen molar-refractivity contribution in [2.45, 2.75) is 37.2 Å². The van der Waals surface area contributed by atoms with Crippen LogP contribution in [0.25, 0.3) is 0 Å². The topological polar surface area (TPSA) is 126 Å². The zero-order chi connectivity index (χ0) is 24.5. The molecule has 2 aliphatic heterocycles. The molecule has 2 atom stereocenters. The van der Waals surface area contributed by atoms with Crippen LogP contribution in [-0.4, -0.2) is 82.7 Å². The number of fused-ring (bicyclic) bond motifs is 3. The molecule has 0 bridgehead atoms. The number of rotatable bonds is 2. The Labute approximate surface area is 201 Å². The van der Waals surface area contributed by atoms with Crippen molar-refractivity contribution in [2.75, 3.05) is 39.5 Å². The van der Waals surface area contributed by atoms with Crippen molar-refractivity contribution in [1.29, 1.82) is 0 Å². The minimum Gasteiger partial charge on any atom is -0.507 e. The zero-order valence-electron chi connectivity index (χ0n) is 19.4. The average Bonchev–Trinajstić information content (AvgIpc) is 3.33. The summed E-state index contributed by atoms with van der Waals surface area (Å²) in [7, 11) is 0. The van der Waals surface area contributed by atoms with Gasteiger partial charge in [0.25, 0.3) is 0 Å². The largest absolute Gasteiger partial charge is 0.507 e. The van der Waals surface area contributed by atoms with Crippen LogP contribution in [0, 0.1) is 0 Å². The van der Waals surface area contributed by atoms with Crippen LogP contribution in [0.2, 0.25) is 0 Å². The monoisotopic (exact) mass is 481 g/mol. The highest BCUT2D eigenvalue weighted by atomic mass is 16.7. The zero-order valence-corrected chi connectivity index (χ0v) is 19.4. The van der Waals surface area contributed by atoms with Gasteiger partial charge in [-0.25, -0.2) is 0 Å². The molecule has 2 saturated heterocycles. The number of hydrogen-bond donors (Lipinski definition) is 3. The lowest BCUT2D eigenvalue weighted by Gasteiger charge is -2.49. The van der Waals surface area contributed by atoms with E-state index in [0.29, 0.717) is 45.1 Å². The van der Waals surface area contributed by atoms with E-state index in [1.165, 1.54) is 6.07 Å². The van der Waals surface area contributed by atoms with Crippen molar-refractivity contribution in [3.63, 3.8) is 0 Å². The molecule has 0 radical (unpaired) electrons. The van der Waals surface area contributed by atoms with Crippen molar-refractivity contribution >= 4 is 11.6 Å². The summed E-state index contributed by atoms with van der Waals surface area (Å²) in [5, 5.41) is 34.9. The van der Waals surface area contributed by atoms with Crippen molar-refractivity contribution in [2.24, 2.45) is 0 Å². The highest BCUT2D eigenvalue weighted by molar-refractivity contribution is 6.30. The Hall–Kier alpha value is -2.82. The van der Waals surface area contributed by atoms with Crippen LogP contribution in [0.1, 0.15) is 62.4 Å². The quantitative estimate of drug-likeness (QED) is 0.469. The molecular formula is C26H27NO8. The standard InChI is InChI=1S/C26H27NO8/c1-25(34-10-11-35-25)26(32)12-16-18(17(13-26)27-6-8-33-9-7-27)24(31)20-19(23(16)30)21(28)14-4-2-3-5-15(14)22(20)29/h2-5,17,30-32H,6-13H2,1H3/t17-,26-/m1/s1. The second-order valence-corrected chi connectivity index (χ2v) is 9.76. The summed E-state index contributed by atoms with van der Waals surface area (Å²) in [4.78, 5) is 28.9. The SMILES string of the molecule is CC1([C@@]2(O)Cc3c(O)c4c(c(O)c3[C@H](N3CCOCC3)C2)C(=O)c2ccccc2C4=O)OCCO1. The van der Waals surface area contributed by atoms with Crippen molar-refractivity contribution in [1.82, 2.24) is 4.90 Å². The number of benzene rings is 2. The molecule has 184 valence electrons. The van der Waals surface area contributed by atoms with Crippen molar-refractivity contribution < 1.29 is 39.1 Å². The highest BCUT2D eigenvalue weighted by Crippen LogP contribution is 2.54. The number of hydrogen-bond acceptors (Lipinski definition) is 9. The smallest absolute Gasteiger partial charge is 0.198 e. The number of carbonyl (C=O) groups excluding carboxylic acids is 2. The molecule has 9 heteroatoms. The lowest BCUT2D eigenvalue weighted by Crippen LogP contribution is -2.59. The van der Waals surface area contributed by atoms with Gasteiger partial charge in [0.05, 0.1) is 37.6 Å². The second kappa shape index (κ2) is 7.84. The Kier molecular flexibility index (Phi) is 5.07. The predicted octanol–water partition coefficient (Wildman–Crippen LogP) is 1.69. The predicted molar refractivity (Wildman–Crippen MR) is 122 cm³/mol. The highest BCUT2D eigenvalue weighted by Gasteiger charge is 2.57. The fraction of sp³-hybridized carbons (Fsp3) is 0.462. The third kappa shape index (κ3) is 3.12. The minimum atomic E-state index is -1.56. The van der Waals surface area contributed by atoms with Crippen LogP contribution in [0.15, 0.2) is 24.3 Å². The van der Waals surface area contributed by atoms with Gasteiger partial charge in [-0.2, -0.15) is 0 Å². The molecule has 2 aliphatic carbocycles. The Bertz CT molecular complexity index is 1240. The Morgan fingerprint density at radius 3 is 2.09 bits per heavy atom. The van der Waals surface area contributed by atoms with Gasteiger partial charge in [0.15, 0.2) is 17.4 Å². The van der Waals surface area contributed by atoms with Crippen LogP contribution in [0.4, 0.5) is 0 Å². The first kappa shape index (κ1) is 22.6. The second-order valence-electron chi connectivity index (χ2n) is 9.76. The molecule has 4 aliphatic rings.